The van der Waals surface area contributed by atoms with Crippen LogP contribution in [0.5, 0.6) is 0 Å². The van der Waals surface area contributed by atoms with Gasteiger partial charge >= 0.3 is 0 Å². The third-order valence-corrected chi connectivity index (χ3v) is 5.84. The minimum atomic E-state index is -0.862. The molecule has 0 aliphatic heterocycles. The lowest BCUT2D eigenvalue weighted by Gasteiger charge is -2.23. The van der Waals surface area contributed by atoms with Crippen molar-refractivity contribution in [2.75, 3.05) is 0 Å². The number of aliphatic hydroxyl groups excluding tert-OH is 2. The highest BCUT2D eigenvalue weighted by Gasteiger charge is 2.24. The highest BCUT2D eigenvalue weighted by atomic mass is 32.1. The normalized spacial score (nSPS) is 20.4. The van der Waals surface area contributed by atoms with Gasteiger partial charge in [0.05, 0.1) is 0 Å². The largest absolute Gasteiger partial charge is 0.386 e. The summed E-state index contributed by atoms with van der Waals surface area (Å²) in [7, 11) is 0. The predicted molar refractivity (Wildman–Crippen MR) is 96.8 cm³/mol. The molecule has 0 unspecified atom stereocenters. The van der Waals surface area contributed by atoms with E-state index in [0.29, 0.717) is 0 Å². The van der Waals surface area contributed by atoms with E-state index < -0.39 is 12.2 Å². The van der Waals surface area contributed by atoms with Crippen LogP contribution < -0.4 is 0 Å². The topological polar surface area (TPSA) is 40.5 Å². The molecule has 1 aliphatic carbocycles. The molecule has 2 nitrogen and oxygen atoms in total. The van der Waals surface area contributed by atoms with Gasteiger partial charge in [-0.1, -0.05) is 48.6 Å². The monoisotopic (exact) mass is 318 g/mol. The molecule has 0 bridgehead atoms. The SMILES string of the molecule is O[C@@H]1C=Cc2c(ccc3ccc4sc5ccccc5c4c23)[C@H]1O. The minimum Gasteiger partial charge on any atom is -0.386 e. The summed E-state index contributed by atoms with van der Waals surface area (Å²) in [6.07, 6.45) is 1.93. The van der Waals surface area contributed by atoms with Crippen LogP contribution in [0.4, 0.5) is 0 Å². The molecule has 112 valence electrons. The van der Waals surface area contributed by atoms with Crippen molar-refractivity contribution in [2.45, 2.75) is 12.2 Å². The van der Waals surface area contributed by atoms with Crippen molar-refractivity contribution in [3.8, 4) is 0 Å². The van der Waals surface area contributed by atoms with Gasteiger partial charge in [-0.15, -0.1) is 11.3 Å². The van der Waals surface area contributed by atoms with Gasteiger partial charge in [-0.05, 0) is 34.0 Å². The Morgan fingerprint density at radius 2 is 1.65 bits per heavy atom. The Balaban J connectivity index is 2.03. The van der Waals surface area contributed by atoms with Gasteiger partial charge in [0, 0.05) is 20.2 Å². The predicted octanol–water partition coefficient (Wildman–Crippen LogP) is 4.63. The molecule has 0 fully saturated rings. The van der Waals surface area contributed by atoms with Gasteiger partial charge in [0.25, 0.3) is 0 Å². The van der Waals surface area contributed by atoms with E-state index in [1.807, 2.05) is 18.2 Å². The number of hydrogen-bond donors (Lipinski definition) is 2. The molecule has 3 aromatic carbocycles. The van der Waals surface area contributed by atoms with Crippen LogP contribution in [0, 0.1) is 0 Å². The number of hydrogen-bond acceptors (Lipinski definition) is 3. The van der Waals surface area contributed by atoms with E-state index >= 15 is 0 Å². The lowest BCUT2D eigenvalue weighted by molar-refractivity contribution is 0.0471. The van der Waals surface area contributed by atoms with Crippen molar-refractivity contribution >= 4 is 48.4 Å². The first kappa shape index (κ1) is 13.3. The molecular formula is C20H14O2S. The number of aliphatic hydroxyl groups is 2. The molecule has 1 heterocycles. The molecule has 4 aromatic rings. The van der Waals surface area contributed by atoms with Gasteiger partial charge < -0.3 is 10.2 Å². The molecule has 0 saturated carbocycles. The second-order valence-corrected chi connectivity index (χ2v) is 7.08. The van der Waals surface area contributed by atoms with Crippen LogP contribution in [-0.4, -0.2) is 16.3 Å². The van der Waals surface area contributed by atoms with Crippen LogP contribution in [0.3, 0.4) is 0 Å². The van der Waals surface area contributed by atoms with Gasteiger partial charge in [-0.2, -0.15) is 0 Å². The Morgan fingerprint density at radius 3 is 2.57 bits per heavy atom. The Bertz CT molecular complexity index is 1110. The van der Waals surface area contributed by atoms with Crippen LogP contribution in [0.15, 0.2) is 54.6 Å². The summed E-state index contributed by atoms with van der Waals surface area (Å²) in [6.45, 7) is 0. The fraction of sp³-hybridized carbons (Fsp3) is 0.100. The van der Waals surface area contributed by atoms with Gasteiger partial charge in [0.15, 0.2) is 0 Å². The smallest absolute Gasteiger partial charge is 0.109 e. The van der Waals surface area contributed by atoms with E-state index in [1.165, 1.54) is 25.6 Å². The Kier molecular flexibility index (Phi) is 2.68. The average molecular weight is 318 g/mol. The zero-order valence-electron chi connectivity index (χ0n) is 12.2. The number of rotatable bonds is 0. The molecule has 2 N–H and O–H groups in total. The Morgan fingerprint density at radius 1 is 0.826 bits per heavy atom. The second-order valence-electron chi connectivity index (χ2n) is 6.00. The first-order chi connectivity index (χ1) is 11.2. The van der Waals surface area contributed by atoms with Crippen LogP contribution in [0.25, 0.3) is 37.0 Å². The molecular weight excluding hydrogens is 304 g/mol. The number of thiophene rings is 1. The summed E-state index contributed by atoms with van der Waals surface area (Å²) in [4.78, 5) is 0. The van der Waals surface area contributed by atoms with E-state index in [4.69, 9.17) is 0 Å². The van der Waals surface area contributed by atoms with Crippen LogP contribution in [0.1, 0.15) is 17.2 Å². The Labute approximate surface area is 136 Å². The minimum absolute atomic E-state index is 0.801. The van der Waals surface area contributed by atoms with Crippen molar-refractivity contribution in [1.82, 2.24) is 0 Å². The molecule has 1 aromatic heterocycles. The molecule has 0 spiro atoms. The zero-order valence-corrected chi connectivity index (χ0v) is 13.0. The highest BCUT2D eigenvalue weighted by Crippen LogP contribution is 2.42. The molecule has 0 radical (unpaired) electrons. The van der Waals surface area contributed by atoms with Crippen molar-refractivity contribution in [3.05, 3.63) is 65.7 Å². The van der Waals surface area contributed by atoms with E-state index in [2.05, 4.69) is 36.4 Å². The molecule has 1 aliphatic rings. The lowest BCUT2D eigenvalue weighted by atomic mass is 9.87. The average Bonchev–Trinajstić information content (AvgIpc) is 2.96. The van der Waals surface area contributed by atoms with Gasteiger partial charge in [-0.25, -0.2) is 0 Å². The molecule has 23 heavy (non-hydrogen) atoms. The van der Waals surface area contributed by atoms with E-state index in [-0.39, 0.29) is 0 Å². The van der Waals surface area contributed by atoms with Crippen molar-refractivity contribution in [2.24, 2.45) is 0 Å². The maximum absolute atomic E-state index is 10.3. The van der Waals surface area contributed by atoms with Crippen molar-refractivity contribution < 1.29 is 10.2 Å². The maximum Gasteiger partial charge on any atom is 0.109 e. The summed E-state index contributed by atoms with van der Waals surface area (Å²) >= 11 is 1.79. The van der Waals surface area contributed by atoms with Gasteiger partial charge in [-0.3, -0.25) is 0 Å². The van der Waals surface area contributed by atoms with Gasteiger partial charge in [0.2, 0.25) is 0 Å². The third-order valence-electron chi connectivity index (χ3n) is 4.70. The van der Waals surface area contributed by atoms with Crippen molar-refractivity contribution in [1.29, 1.82) is 0 Å². The fourth-order valence-electron chi connectivity index (χ4n) is 3.60. The summed E-state index contributed by atoms with van der Waals surface area (Å²) in [5, 5.41) is 25.1. The summed E-state index contributed by atoms with van der Waals surface area (Å²) in [5.41, 5.74) is 1.82. The first-order valence-corrected chi connectivity index (χ1v) is 8.47. The quantitative estimate of drug-likeness (QED) is 0.496. The second kappa shape index (κ2) is 4.65. The molecule has 0 amide bonds. The van der Waals surface area contributed by atoms with Gasteiger partial charge in [0.1, 0.15) is 12.2 Å². The lowest BCUT2D eigenvalue weighted by Crippen LogP contribution is -2.19. The molecule has 0 saturated heterocycles. The third kappa shape index (κ3) is 1.75. The van der Waals surface area contributed by atoms with Crippen LogP contribution >= 0.6 is 11.3 Å². The van der Waals surface area contributed by atoms with E-state index in [9.17, 15) is 10.2 Å². The first-order valence-electron chi connectivity index (χ1n) is 7.65. The highest BCUT2D eigenvalue weighted by molar-refractivity contribution is 7.26. The van der Waals surface area contributed by atoms with E-state index in [1.54, 1.807) is 17.4 Å². The van der Waals surface area contributed by atoms with Crippen molar-refractivity contribution in [3.63, 3.8) is 0 Å². The van der Waals surface area contributed by atoms with E-state index in [0.717, 1.165) is 16.5 Å². The molecule has 5 rings (SSSR count). The summed E-state index contributed by atoms with van der Waals surface area (Å²) in [5.74, 6) is 0. The standard InChI is InChI=1S/C20H14O2S/c21-15-9-8-12-13(20(15)22)7-5-11-6-10-17-19(18(11)12)14-3-1-2-4-16(14)23-17/h1-10,15,20-22H/t15-,20-/m1/s1. The number of benzene rings is 3. The number of fused-ring (bicyclic) bond motifs is 7. The zero-order chi connectivity index (χ0) is 15.6. The Hall–Kier alpha value is -2.20. The summed E-state index contributed by atoms with van der Waals surface area (Å²) in [6, 6.07) is 16.7. The van der Waals surface area contributed by atoms with Crippen LogP contribution in [-0.2, 0) is 0 Å². The maximum atomic E-state index is 10.3. The molecule has 3 heteroatoms. The fourth-order valence-corrected chi connectivity index (χ4v) is 4.71. The van der Waals surface area contributed by atoms with Crippen LogP contribution in [0.2, 0.25) is 0 Å². The summed E-state index contributed by atoms with van der Waals surface area (Å²) < 4.78 is 2.52. The molecule has 2 atom stereocenters.